The number of aromatic nitrogens is 2. The number of amides is 1. The molecule has 4 N–H and O–H groups in total. The molecular formula is C13H21N5O. The van der Waals surface area contributed by atoms with Gasteiger partial charge in [0.15, 0.2) is 5.69 Å². The Kier molecular flexibility index (Phi) is 4.31. The van der Waals surface area contributed by atoms with E-state index in [1.807, 2.05) is 0 Å². The third-order valence-corrected chi connectivity index (χ3v) is 3.60. The lowest BCUT2D eigenvalue weighted by atomic mass is 9.82. The molecule has 0 atom stereocenters. The standard InChI is InChI=1S/C13H21N5O/c1-15-12(19)10-5-6-11(18-17-10)16-9-13(14)7-3-2-4-8-13/h5-6H,2-4,7-9,14H2,1H3,(H,15,19)(H,16,18). The number of carbonyl (C=O) groups excluding carboxylic acids is 1. The summed E-state index contributed by atoms with van der Waals surface area (Å²) in [5.74, 6) is 0.421. The van der Waals surface area contributed by atoms with E-state index in [-0.39, 0.29) is 11.4 Å². The van der Waals surface area contributed by atoms with Crippen LogP contribution in [-0.4, -0.2) is 35.2 Å². The van der Waals surface area contributed by atoms with Crippen LogP contribution in [0.4, 0.5) is 5.82 Å². The minimum Gasteiger partial charge on any atom is -0.367 e. The van der Waals surface area contributed by atoms with Gasteiger partial charge < -0.3 is 16.4 Å². The molecule has 0 saturated heterocycles. The van der Waals surface area contributed by atoms with Crippen molar-refractivity contribution in [3.05, 3.63) is 17.8 Å². The molecule has 0 spiro atoms. The Morgan fingerprint density at radius 2 is 2.05 bits per heavy atom. The fourth-order valence-electron chi connectivity index (χ4n) is 2.37. The Labute approximate surface area is 113 Å². The Bertz CT molecular complexity index is 425. The molecule has 1 aromatic heterocycles. The first-order valence-electron chi connectivity index (χ1n) is 6.71. The normalized spacial score (nSPS) is 17.8. The summed E-state index contributed by atoms with van der Waals surface area (Å²) < 4.78 is 0. The van der Waals surface area contributed by atoms with Crippen LogP contribution in [0.3, 0.4) is 0 Å². The van der Waals surface area contributed by atoms with E-state index in [1.54, 1.807) is 19.2 Å². The number of carbonyl (C=O) groups is 1. The predicted molar refractivity (Wildman–Crippen MR) is 73.9 cm³/mol. The highest BCUT2D eigenvalue weighted by molar-refractivity contribution is 5.91. The number of rotatable bonds is 4. The van der Waals surface area contributed by atoms with E-state index in [2.05, 4.69) is 20.8 Å². The van der Waals surface area contributed by atoms with Crippen molar-refractivity contribution in [2.45, 2.75) is 37.6 Å². The van der Waals surface area contributed by atoms with Gasteiger partial charge >= 0.3 is 0 Å². The molecule has 6 heteroatoms. The highest BCUT2D eigenvalue weighted by Crippen LogP contribution is 2.25. The summed E-state index contributed by atoms with van der Waals surface area (Å²) in [6.07, 6.45) is 5.76. The molecule has 1 amide bonds. The highest BCUT2D eigenvalue weighted by Gasteiger charge is 2.27. The molecule has 0 aromatic carbocycles. The van der Waals surface area contributed by atoms with Crippen LogP contribution < -0.4 is 16.4 Å². The van der Waals surface area contributed by atoms with Gasteiger partial charge in [0.2, 0.25) is 0 Å². The fraction of sp³-hybridized carbons (Fsp3) is 0.615. The quantitative estimate of drug-likeness (QED) is 0.751. The van der Waals surface area contributed by atoms with Crippen LogP contribution in [0.1, 0.15) is 42.6 Å². The van der Waals surface area contributed by atoms with Gasteiger partial charge in [-0.05, 0) is 25.0 Å². The molecule has 6 nitrogen and oxygen atoms in total. The largest absolute Gasteiger partial charge is 0.367 e. The summed E-state index contributed by atoms with van der Waals surface area (Å²) >= 11 is 0. The average Bonchev–Trinajstić information content (AvgIpc) is 2.46. The van der Waals surface area contributed by atoms with Crippen LogP contribution in [0, 0.1) is 0 Å². The van der Waals surface area contributed by atoms with Crippen LogP contribution in [0.5, 0.6) is 0 Å². The number of nitrogens with zero attached hydrogens (tertiary/aromatic N) is 2. The number of anilines is 1. The van der Waals surface area contributed by atoms with Gasteiger partial charge in [0, 0.05) is 19.1 Å². The first kappa shape index (κ1) is 13.7. The van der Waals surface area contributed by atoms with Crippen molar-refractivity contribution in [2.75, 3.05) is 18.9 Å². The van der Waals surface area contributed by atoms with Gasteiger partial charge in [-0.15, -0.1) is 10.2 Å². The molecule has 1 aliphatic carbocycles. The fourth-order valence-corrected chi connectivity index (χ4v) is 2.37. The van der Waals surface area contributed by atoms with Gasteiger partial charge in [0.1, 0.15) is 5.82 Å². The summed E-state index contributed by atoms with van der Waals surface area (Å²) in [7, 11) is 1.57. The van der Waals surface area contributed by atoms with Gasteiger partial charge in [-0.2, -0.15) is 0 Å². The zero-order valence-corrected chi connectivity index (χ0v) is 11.3. The average molecular weight is 263 g/mol. The molecule has 19 heavy (non-hydrogen) atoms. The second kappa shape index (κ2) is 5.97. The maximum Gasteiger partial charge on any atom is 0.271 e. The maximum absolute atomic E-state index is 11.3. The van der Waals surface area contributed by atoms with Gasteiger partial charge in [0.25, 0.3) is 5.91 Å². The SMILES string of the molecule is CNC(=O)c1ccc(NCC2(N)CCCCC2)nn1. The van der Waals surface area contributed by atoms with Crippen molar-refractivity contribution in [2.24, 2.45) is 5.73 Å². The van der Waals surface area contributed by atoms with E-state index >= 15 is 0 Å². The van der Waals surface area contributed by atoms with E-state index < -0.39 is 0 Å². The summed E-state index contributed by atoms with van der Waals surface area (Å²) in [5.41, 5.74) is 6.51. The van der Waals surface area contributed by atoms with Crippen molar-refractivity contribution in [1.82, 2.24) is 15.5 Å². The molecule has 1 aliphatic rings. The molecule has 0 bridgehead atoms. The molecule has 1 aromatic rings. The summed E-state index contributed by atoms with van der Waals surface area (Å²) in [5, 5.41) is 13.6. The van der Waals surface area contributed by atoms with Gasteiger partial charge in [-0.1, -0.05) is 19.3 Å². The third kappa shape index (κ3) is 3.64. The van der Waals surface area contributed by atoms with Gasteiger partial charge in [-0.3, -0.25) is 4.79 Å². The predicted octanol–water partition coefficient (Wildman–Crippen LogP) is 0.910. The van der Waals surface area contributed by atoms with Crippen LogP contribution in [0.2, 0.25) is 0 Å². The Balaban J connectivity index is 1.91. The molecule has 104 valence electrons. The number of hydrogen-bond acceptors (Lipinski definition) is 5. The molecule has 1 saturated carbocycles. The number of nitrogens with two attached hydrogens (primary N) is 1. The van der Waals surface area contributed by atoms with Crippen molar-refractivity contribution in [3.63, 3.8) is 0 Å². The lowest BCUT2D eigenvalue weighted by Gasteiger charge is -2.33. The van der Waals surface area contributed by atoms with Crippen LogP contribution in [-0.2, 0) is 0 Å². The van der Waals surface area contributed by atoms with E-state index in [9.17, 15) is 4.79 Å². The van der Waals surface area contributed by atoms with Crippen molar-refractivity contribution < 1.29 is 4.79 Å². The second-order valence-corrected chi connectivity index (χ2v) is 5.16. The first-order valence-corrected chi connectivity index (χ1v) is 6.71. The lowest BCUT2D eigenvalue weighted by molar-refractivity contribution is 0.0957. The monoisotopic (exact) mass is 263 g/mol. The van der Waals surface area contributed by atoms with E-state index in [1.165, 1.54) is 19.3 Å². The van der Waals surface area contributed by atoms with Gasteiger partial charge in [0.05, 0.1) is 0 Å². The summed E-state index contributed by atoms with van der Waals surface area (Å²) in [6, 6.07) is 3.40. The Morgan fingerprint density at radius 1 is 1.32 bits per heavy atom. The first-order chi connectivity index (χ1) is 9.13. The van der Waals surface area contributed by atoms with Gasteiger partial charge in [-0.25, -0.2) is 0 Å². The van der Waals surface area contributed by atoms with Crippen molar-refractivity contribution in [3.8, 4) is 0 Å². The Morgan fingerprint density at radius 3 is 2.63 bits per heavy atom. The highest BCUT2D eigenvalue weighted by atomic mass is 16.1. The zero-order chi connectivity index (χ0) is 13.7. The molecule has 2 rings (SSSR count). The second-order valence-electron chi connectivity index (χ2n) is 5.16. The third-order valence-electron chi connectivity index (χ3n) is 3.60. The Hall–Kier alpha value is -1.69. The smallest absolute Gasteiger partial charge is 0.271 e. The number of nitrogens with one attached hydrogen (secondary N) is 2. The van der Waals surface area contributed by atoms with E-state index in [4.69, 9.17) is 5.73 Å². The molecular weight excluding hydrogens is 242 g/mol. The summed E-state index contributed by atoms with van der Waals surface area (Å²) in [6.45, 7) is 0.695. The molecule has 1 fully saturated rings. The zero-order valence-electron chi connectivity index (χ0n) is 11.3. The molecule has 0 radical (unpaired) electrons. The minimum absolute atomic E-state index is 0.139. The summed E-state index contributed by atoms with van der Waals surface area (Å²) in [4.78, 5) is 11.3. The maximum atomic E-state index is 11.3. The molecule has 0 unspecified atom stereocenters. The topological polar surface area (TPSA) is 92.9 Å². The van der Waals surface area contributed by atoms with Crippen LogP contribution in [0.15, 0.2) is 12.1 Å². The van der Waals surface area contributed by atoms with E-state index in [0.717, 1.165) is 12.8 Å². The van der Waals surface area contributed by atoms with E-state index in [0.29, 0.717) is 18.1 Å². The van der Waals surface area contributed by atoms with Crippen molar-refractivity contribution in [1.29, 1.82) is 0 Å². The minimum atomic E-state index is -0.235. The molecule has 1 heterocycles. The number of hydrogen-bond donors (Lipinski definition) is 3. The lowest BCUT2D eigenvalue weighted by Crippen LogP contribution is -2.47. The molecule has 0 aliphatic heterocycles. The van der Waals surface area contributed by atoms with Crippen LogP contribution >= 0.6 is 0 Å². The van der Waals surface area contributed by atoms with Crippen LogP contribution in [0.25, 0.3) is 0 Å². The van der Waals surface area contributed by atoms with Crippen molar-refractivity contribution >= 4 is 11.7 Å².